The summed E-state index contributed by atoms with van der Waals surface area (Å²) in [6.45, 7) is 6.27. The maximum Gasteiger partial charge on any atom is 0.203 e. The van der Waals surface area contributed by atoms with Gasteiger partial charge in [-0.2, -0.15) is 0 Å². The van der Waals surface area contributed by atoms with Crippen molar-refractivity contribution < 1.29 is 5.11 Å². The molecule has 0 aromatic carbocycles. The predicted octanol–water partition coefficient (Wildman–Crippen LogP) is -0.727. The summed E-state index contributed by atoms with van der Waals surface area (Å²) in [5.74, 6) is 0. The molecule has 1 aliphatic rings. The zero-order valence-corrected chi connectivity index (χ0v) is 10.7. The highest BCUT2D eigenvalue weighted by Crippen LogP contribution is 2.12. The fourth-order valence-electron chi connectivity index (χ4n) is 2.00. The van der Waals surface area contributed by atoms with Gasteiger partial charge in [0.05, 0.1) is 6.61 Å². The molecule has 0 aliphatic carbocycles. The second-order valence-electron chi connectivity index (χ2n) is 4.19. The topological polar surface area (TPSA) is 78.5 Å². The fraction of sp³-hybridized carbons (Fsp3) is 0.800. The molecule has 2 heterocycles. The van der Waals surface area contributed by atoms with E-state index in [2.05, 4.69) is 20.0 Å². The van der Waals surface area contributed by atoms with Crippen LogP contribution >= 0.6 is 11.3 Å². The van der Waals surface area contributed by atoms with Gasteiger partial charge in [0.25, 0.3) is 0 Å². The number of aliphatic hydroxyl groups excluding tert-OH is 1. The molecule has 1 aromatic heterocycles. The number of nitrogen functional groups attached to an aromatic ring is 1. The summed E-state index contributed by atoms with van der Waals surface area (Å²) in [4.78, 5) is 4.71. The first-order chi connectivity index (χ1) is 8.28. The van der Waals surface area contributed by atoms with E-state index in [1.165, 1.54) is 11.3 Å². The molecule has 0 unspecified atom stereocenters. The standard InChI is InChI=1S/C10H19N5OS/c11-10-13-12-9(17-10)1-2-14-3-5-15(6-4-14)7-8-16/h16H,1-8H2,(H2,11,13). The summed E-state index contributed by atoms with van der Waals surface area (Å²) in [6.07, 6.45) is 0.925. The van der Waals surface area contributed by atoms with E-state index in [-0.39, 0.29) is 6.61 Å². The summed E-state index contributed by atoms with van der Waals surface area (Å²) in [5.41, 5.74) is 5.54. The molecule has 7 heteroatoms. The number of hydrogen-bond donors (Lipinski definition) is 2. The van der Waals surface area contributed by atoms with Crippen molar-refractivity contribution in [3.05, 3.63) is 5.01 Å². The highest BCUT2D eigenvalue weighted by atomic mass is 32.1. The molecule has 0 amide bonds. The van der Waals surface area contributed by atoms with Crippen LogP contribution in [-0.4, -0.2) is 71.0 Å². The van der Waals surface area contributed by atoms with E-state index in [1.807, 2.05) is 0 Å². The van der Waals surface area contributed by atoms with Crippen LogP contribution < -0.4 is 5.73 Å². The van der Waals surface area contributed by atoms with Gasteiger partial charge in [-0.25, -0.2) is 0 Å². The maximum atomic E-state index is 8.86. The van der Waals surface area contributed by atoms with Crippen molar-refractivity contribution in [1.82, 2.24) is 20.0 Å². The van der Waals surface area contributed by atoms with E-state index in [1.54, 1.807) is 0 Å². The largest absolute Gasteiger partial charge is 0.395 e. The molecule has 1 fully saturated rings. The lowest BCUT2D eigenvalue weighted by molar-refractivity contribution is 0.113. The highest BCUT2D eigenvalue weighted by molar-refractivity contribution is 7.15. The molecular formula is C10H19N5OS. The monoisotopic (exact) mass is 257 g/mol. The van der Waals surface area contributed by atoms with E-state index in [0.717, 1.165) is 50.7 Å². The van der Waals surface area contributed by atoms with Crippen LogP contribution in [-0.2, 0) is 6.42 Å². The van der Waals surface area contributed by atoms with E-state index in [9.17, 15) is 0 Å². The molecule has 0 bridgehead atoms. The van der Waals surface area contributed by atoms with Gasteiger partial charge in [-0.15, -0.1) is 10.2 Å². The number of nitrogens with zero attached hydrogens (tertiary/aromatic N) is 4. The predicted molar refractivity (Wildman–Crippen MR) is 68.0 cm³/mol. The molecule has 2 rings (SSSR count). The SMILES string of the molecule is Nc1nnc(CCN2CCN(CCO)CC2)s1. The van der Waals surface area contributed by atoms with Crippen LogP contribution in [0.5, 0.6) is 0 Å². The molecule has 0 atom stereocenters. The van der Waals surface area contributed by atoms with Crippen molar-refractivity contribution in [2.24, 2.45) is 0 Å². The minimum atomic E-state index is 0.254. The second kappa shape index (κ2) is 6.25. The third kappa shape index (κ3) is 3.88. The van der Waals surface area contributed by atoms with Gasteiger partial charge in [0.15, 0.2) is 0 Å². The molecule has 17 heavy (non-hydrogen) atoms. The van der Waals surface area contributed by atoms with Crippen molar-refractivity contribution >= 4 is 16.5 Å². The zero-order valence-electron chi connectivity index (χ0n) is 9.88. The molecular weight excluding hydrogens is 238 g/mol. The molecule has 0 spiro atoms. The Morgan fingerprint density at radius 1 is 1.12 bits per heavy atom. The van der Waals surface area contributed by atoms with Crippen molar-refractivity contribution in [3.63, 3.8) is 0 Å². The fourth-order valence-corrected chi connectivity index (χ4v) is 2.60. The van der Waals surface area contributed by atoms with Crippen LogP contribution in [0.3, 0.4) is 0 Å². The van der Waals surface area contributed by atoms with E-state index < -0.39 is 0 Å². The normalized spacial score (nSPS) is 18.6. The van der Waals surface area contributed by atoms with Crippen LogP contribution in [0.4, 0.5) is 5.13 Å². The van der Waals surface area contributed by atoms with Gasteiger partial charge in [-0.05, 0) is 0 Å². The summed E-state index contributed by atoms with van der Waals surface area (Å²) >= 11 is 1.47. The first-order valence-electron chi connectivity index (χ1n) is 5.91. The summed E-state index contributed by atoms with van der Waals surface area (Å²) in [6, 6.07) is 0. The van der Waals surface area contributed by atoms with Crippen LogP contribution in [0.15, 0.2) is 0 Å². The number of aromatic nitrogens is 2. The van der Waals surface area contributed by atoms with E-state index in [0.29, 0.717) is 5.13 Å². The second-order valence-corrected chi connectivity index (χ2v) is 5.28. The number of aliphatic hydroxyl groups is 1. The highest BCUT2D eigenvalue weighted by Gasteiger charge is 2.16. The Hall–Kier alpha value is -0.760. The molecule has 3 N–H and O–H groups in total. The Morgan fingerprint density at radius 3 is 2.29 bits per heavy atom. The van der Waals surface area contributed by atoms with Gasteiger partial charge in [0.2, 0.25) is 5.13 Å². The third-order valence-corrected chi connectivity index (χ3v) is 3.82. The molecule has 0 radical (unpaired) electrons. The Balaban J connectivity index is 1.68. The Bertz CT molecular complexity index is 337. The Morgan fingerprint density at radius 2 is 1.76 bits per heavy atom. The van der Waals surface area contributed by atoms with Crippen molar-refractivity contribution in [2.45, 2.75) is 6.42 Å². The lowest BCUT2D eigenvalue weighted by atomic mass is 10.3. The minimum absolute atomic E-state index is 0.254. The Kier molecular flexibility index (Phi) is 4.66. The van der Waals surface area contributed by atoms with Crippen molar-refractivity contribution in [2.75, 3.05) is 51.6 Å². The first kappa shape index (κ1) is 12.7. The average molecular weight is 257 g/mol. The minimum Gasteiger partial charge on any atom is -0.395 e. The van der Waals surface area contributed by atoms with Crippen LogP contribution in [0.25, 0.3) is 0 Å². The molecule has 96 valence electrons. The smallest absolute Gasteiger partial charge is 0.203 e. The van der Waals surface area contributed by atoms with Gasteiger partial charge in [-0.3, -0.25) is 4.90 Å². The van der Waals surface area contributed by atoms with Gasteiger partial charge in [-0.1, -0.05) is 11.3 Å². The average Bonchev–Trinajstić information content (AvgIpc) is 2.75. The Labute approximate surface area is 105 Å². The van der Waals surface area contributed by atoms with Crippen molar-refractivity contribution in [3.8, 4) is 0 Å². The number of hydrogen-bond acceptors (Lipinski definition) is 7. The molecule has 1 aliphatic heterocycles. The molecule has 1 saturated heterocycles. The van der Waals surface area contributed by atoms with Crippen LogP contribution in [0, 0.1) is 0 Å². The summed E-state index contributed by atoms with van der Waals surface area (Å²) in [5, 5.41) is 18.2. The van der Waals surface area contributed by atoms with Gasteiger partial charge < -0.3 is 15.7 Å². The van der Waals surface area contributed by atoms with Crippen LogP contribution in [0.1, 0.15) is 5.01 Å². The number of rotatable bonds is 5. The number of β-amino-alcohol motifs (C(OH)–C–C–N with tert-alkyl or cyclic N) is 1. The summed E-state index contributed by atoms with van der Waals surface area (Å²) < 4.78 is 0. The number of piperazine rings is 1. The van der Waals surface area contributed by atoms with E-state index >= 15 is 0 Å². The van der Waals surface area contributed by atoms with Crippen molar-refractivity contribution in [1.29, 1.82) is 0 Å². The molecule has 6 nitrogen and oxygen atoms in total. The maximum absolute atomic E-state index is 8.86. The number of nitrogens with two attached hydrogens (primary N) is 1. The van der Waals surface area contributed by atoms with E-state index in [4.69, 9.17) is 10.8 Å². The number of anilines is 1. The quantitative estimate of drug-likeness (QED) is 0.724. The first-order valence-corrected chi connectivity index (χ1v) is 6.73. The van der Waals surface area contributed by atoms with Gasteiger partial charge in [0.1, 0.15) is 5.01 Å². The summed E-state index contributed by atoms with van der Waals surface area (Å²) in [7, 11) is 0. The van der Waals surface area contributed by atoms with Gasteiger partial charge >= 0.3 is 0 Å². The third-order valence-electron chi connectivity index (χ3n) is 3.01. The molecule has 0 saturated carbocycles. The van der Waals surface area contributed by atoms with Gasteiger partial charge in [0, 0.05) is 45.7 Å². The lowest BCUT2D eigenvalue weighted by Gasteiger charge is -2.34. The van der Waals surface area contributed by atoms with Crippen LogP contribution in [0.2, 0.25) is 0 Å². The zero-order chi connectivity index (χ0) is 12.1. The molecule has 1 aromatic rings. The lowest BCUT2D eigenvalue weighted by Crippen LogP contribution is -2.47.